The molecule has 2 N–H and O–H groups in total. The van der Waals surface area contributed by atoms with Gasteiger partial charge in [0.05, 0.1) is 5.56 Å². The molecule has 2 rings (SSSR count). The van der Waals surface area contributed by atoms with Gasteiger partial charge in [-0.2, -0.15) is 13.2 Å². The van der Waals surface area contributed by atoms with Gasteiger partial charge in [-0.15, -0.1) is 0 Å². The molecule has 1 fully saturated rings. The standard InChI is InChI=1S/C13H17F3N4O/c1-3-17-10-6-8(13(14,15)16)7-11(19-10)18-9-4-5-20(2)12(9)21/h6-7,9H,3-5H2,1-2H3,(H2,17,18,19). The van der Waals surface area contributed by atoms with Crippen molar-refractivity contribution in [3.63, 3.8) is 0 Å². The maximum absolute atomic E-state index is 12.9. The molecule has 1 aliphatic rings. The zero-order chi connectivity index (χ0) is 15.6. The molecule has 1 unspecified atom stereocenters. The largest absolute Gasteiger partial charge is 0.416 e. The Morgan fingerprint density at radius 2 is 2.05 bits per heavy atom. The van der Waals surface area contributed by atoms with Gasteiger partial charge in [0, 0.05) is 20.1 Å². The molecule has 0 bridgehead atoms. The Hall–Kier alpha value is -1.99. The molecule has 1 aromatic rings. The number of rotatable bonds is 4. The first-order valence-corrected chi connectivity index (χ1v) is 6.66. The van der Waals surface area contributed by atoms with Crippen molar-refractivity contribution in [2.75, 3.05) is 30.8 Å². The van der Waals surface area contributed by atoms with Gasteiger partial charge >= 0.3 is 6.18 Å². The number of hydrogen-bond donors (Lipinski definition) is 2. The van der Waals surface area contributed by atoms with Crippen LogP contribution in [-0.4, -0.2) is 42.0 Å². The van der Waals surface area contributed by atoms with E-state index in [4.69, 9.17) is 0 Å². The molecular weight excluding hydrogens is 285 g/mol. The van der Waals surface area contributed by atoms with Gasteiger partial charge in [0.2, 0.25) is 5.91 Å². The third kappa shape index (κ3) is 3.56. The molecule has 1 amide bonds. The van der Waals surface area contributed by atoms with Crippen molar-refractivity contribution in [2.45, 2.75) is 25.6 Å². The lowest BCUT2D eigenvalue weighted by molar-refractivity contribution is -0.137. The fraction of sp³-hybridized carbons (Fsp3) is 0.538. The summed E-state index contributed by atoms with van der Waals surface area (Å²) >= 11 is 0. The quantitative estimate of drug-likeness (QED) is 0.895. The number of carbonyl (C=O) groups is 1. The van der Waals surface area contributed by atoms with E-state index < -0.39 is 17.8 Å². The first kappa shape index (κ1) is 15.4. The van der Waals surface area contributed by atoms with Crippen LogP contribution in [0.15, 0.2) is 12.1 Å². The topological polar surface area (TPSA) is 57.3 Å². The summed E-state index contributed by atoms with van der Waals surface area (Å²) < 4.78 is 38.6. The van der Waals surface area contributed by atoms with E-state index in [0.29, 0.717) is 19.5 Å². The predicted octanol–water partition coefficient (Wildman–Crippen LogP) is 2.17. The second-order valence-electron chi connectivity index (χ2n) is 4.90. The Bertz CT molecular complexity index is 533. The van der Waals surface area contributed by atoms with Crippen LogP contribution in [-0.2, 0) is 11.0 Å². The number of halogens is 3. The molecule has 0 aliphatic carbocycles. The lowest BCUT2D eigenvalue weighted by Crippen LogP contribution is -2.31. The second-order valence-corrected chi connectivity index (χ2v) is 4.90. The van der Waals surface area contributed by atoms with Crippen molar-refractivity contribution in [3.05, 3.63) is 17.7 Å². The molecule has 5 nitrogen and oxygen atoms in total. The lowest BCUT2D eigenvalue weighted by atomic mass is 10.2. The Kier molecular flexibility index (Phi) is 4.24. The van der Waals surface area contributed by atoms with E-state index in [0.717, 1.165) is 12.1 Å². The number of anilines is 2. The number of amides is 1. The van der Waals surface area contributed by atoms with Gasteiger partial charge in [0.15, 0.2) is 0 Å². The monoisotopic (exact) mass is 302 g/mol. The van der Waals surface area contributed by atoms with Gasteiger partial charge in [0.1, 0.15) is 17.7 Å². The number of likely N-dealkylation sites (tertiary alicyclic amines) is 1. The third-order valence-corrected chi connectivity index (χ3v) is 3.26. The van der Waals surface area contributed by atoms with Crippen molar-refractivity contribution in [3.8, 4) is 0 Å². The van der Waals surface area contributed by atoms with Crippen LogP contribution < -0.4 is 10.6 Å². The molecule has 1 saturated heterocycles. The highest BCUT2D eigenvalue weighted by molar-refractivity contribution is 5.86. The van der Waals surface area contributed by atoms with Crippen LogP contribution in [0.25, 0.3) is 0 Å². The SMILES string of the molecule is CCNc1cc(C(F)(F)F)cc(NC2CCN(C)C2=O)n1. The van der Waals surface area contributed by atoms with Gasteiger partial charge in [-0.3, -0.25) is 4.79 Å². The van der Waals surface area contributed by atoms with Crippen molar-refractivity contribution >= 4 is 17.5 Å². The van der Waals surface area contributed by atoms with E-state index in [9.17, 15) is 18.0 Å². The van der Waals surface area contributed by atoms with Gasteiger partial charge < -0.3 is 15.5 Å². The van der Waals surface area contributed by atoms with Crippen LogP contribution in [0.3, 0.4) is 0 Å². The average Bonchev–Trinajstić information content (AvgIpc) is 2.70. The molecule has 0 radical (unpaired) electrons. The Morgan fingerprint density at radius 1 is 1.38 bits per heavy atom. The van der Waals surface area contributed by atoms with Gasteiger partial charge in [-0.25, -0.2) is 4.98 Å². The van der Waals surface area contributed by atoms with E-state index in [1.807, 2.05) is 0 Å². The van der Waals surface area contributed by atoms with E-state index in [1.165, 1.54) is 4.90 Å². The summed E-state index contributed by atoms with van der Waals surface area (Å²) in [5.74, 6) is 0.0438. The molecule has 1 aromatic heterocycles. The molecule has 0 saturated carbocycles. The number of pyridine rings is 1. The minimum atomic E-state index is -4.46. The lowest BCUT2D eigenvalue weighted by Gasteiger charge is -2.16. The van der Waals surface area contributed by atoms with Crippen molar-refractivity contribution in [1.82, 2.24) is 9.88 Å². The first-order chi connectivity index (χ1) is 9.81. The van der Waals surface area contributed by atoms with Gasteiger partial charge in [-0.1, -0.05) is 0 Å². The highest BCUT2D eigenvalue weighted by atomic mass is 19.4. The zero-order valence-electron chi connectivity index (χ0n) is 11.8. The zero-order valence-corrected chi connectivity index (χ0v) is 11.8. The maximum Gasteiger partial charge on any atom is 0.416 e. The summed E-state index contributed by atoms with van der Waals surface area (Å²) in [6.45, 7) is 2.80. The predicted molar refractivity (Wildman–Crippen MR) is 73.1 cm³/mol. The van der Waals surface area contributed by atoms with Gasteiger partial charge in [-0.05, 0) is 25.5 Å². The number of nitrogens with zero attached hydrogens (tertiary/aromatic N) is 2. The highest BCUT2D eigenvalue weighted by Crippen LogP contribution is 2.32. The van der Waals surface area contributed by atoms with Crippen LogP contribution in [0, 0.1) is 0 Å². The molecule has 2 heterocycles. The maximum atomic E-state index is 12.9. The number of alkyl halides is 3. The van der Waals surface area contributed by atoms with E-state index >= 15 is 0 Å². The van der Waals surface area contributed by atoms with E-state index in [1.54, 1.807) is 14.0 Å². The van der Waals surface area contributed by atoms with Crippen LogP contribution in [0.1, 0.15) is 18.9 Å². The van der Waals surface area contributed by atoms with Crippen molar-refractivity contribution < 1.29 is 18.0 Å². The molecular formula is C13H17F3N4O. The Balaban J connectivity index is 2.26. The number of nitrogens with one attached hydrogen (secondary N) is 2. The normalized spacial score (nSPS) is 19.0. The highest BCUT2D eigenvalue weighted by Gasteiger charge is 2.33. The number of hydrogen-bond acceptors (Lipinski definition) is 4. The molecule has 0 spiro atoms. The fourth-order valence-corrected chi connectivity index (χ4v) is 2.17. The summed E-state index contributed by atoms with van der Waals surface area (Å²) in [5, 5.41) is 5.55. The Morgan fingerprint density at radius 3 is 2.57 bits per heavy atom. The van der Waals surface area contributed by atoms with Gasteiger partial charge in [0.25, 0.3) is 0 Å². The van der Waals surface area contributed by atoms with E-state index in [2.05, 4.69) is 15.6 Å². The molecule has 1 aliphatic heterocycles. The summed E-state index contributed by atoms with van der Waals surface area (Å²) in [5.41, 5.74) is -0.797. The Labute approximate surface area is 120 Å². The van der Waals surface area contributed by atoms with Crippen molar-refractivity contribution in [2.24, 2.45) is 0 Å². The summed E-state index contributed by atoms with van der Waals surface area (Å²) in [4.78, 5) is 17.4. The smallest absolute Gasteiger partial charge is 0.370 e. The summed E-state index contributed by atoms with van der Waals surface area (Å²) in [6, 6.07) is 1.35. The third-order valence-electron chi connectivity index (χ3n) is 3.26. The molecule has 8 heteroatoms. The second kappa shape index (κ2) is 5.79. The van der Waals surface area contributed by atoms with Crippen molar-refractivity contribution in [1.29, 1.82) is 0 Å². The molecule has 21 heavy (non-hydrogen) atoms. The van der Waals surface area contributed by atoms with Crippen LogP contribution >= 0.6 is 0 Å². The molecule has 0 aromatic carbocycles. The minimum absolute atomic E-state index is 0.0504. The van der Waals surface area contributed by atoms with Crippen LogP contribution in [0.4, 0.5) is 24.8 Å². The number of aromatic nitrogens is 1. The summed E-state index contributed by atoms with van der Waals surface area (Å²) in [7, 11) is 1.66. The first-order valence-electron chi connectivity index (χ1n) is 6.66. The fourth-order valence-electron chi connectivity index (χ4n) is 2.17. The number of likely N-dealkylation sites (N-methyl/N-ethyl adjacent to an activating group) is 1. The van der Waals surface area contributed by atoms with E-state index in [-0.39, 0.29) is 17.5 Å². The average molecular weight is 302 g/mol. The van der Waals surface area contributed by atoms with Crippen LogP contribution in [0.5, 0.6) is 0 Å². The molecule has 116 valence electrons. The number of carbonyl (C=O) groups excluding carboxylic acids is 1. The van der Waals surface area contributed by atoms with Crippen LogP contribution in [0.2, 0.25) is 0 Å². The summed E-state index contributed by atoms with van der Waals surface area (Å²) in [6.07, 6.45) is -3.91. The molecule has 1 atom stereocenters. The minimum Gasteiger partial charge on any atom is -0.370 e.